The number of carboxylic acid groups (broad SMARTS) is 1. The van der Waals surface area contributed by atoms with E-state index in [-0.39, 0.29) is 24.9 Å². The number of benzene rings is 2. The maximum Gasteiger partial charge on any atom is 0.317 e. The number of amides is 2. The van der Waals surface area contributed by atoms with Crippen LogP contribution in [0.25, 0.3) is 0 Å². The molecule has 29 heavy (non-hydrogen) atoms. The number of hydrogen-bond acceptors (Lipinski definition) is 3. The van der Waals surface area contributed by atoms with Crippen molar-refractivity contribution in [1.82, 2.24) is 10.2 Å². The largest absolute Gasteiger partial charge is 0.481 e. The topological polar surface area (TPSA) is 89.9 Å². The Morgan fingerprint density at radius 1 is 1.03 bits per heavy atom. The molecule has 2 aromatic carbocycles. The molecule has 1 aliphatic carbocycles. The van der Waals surface area contributed by atoms with E-state index in [1.165, 1.54) is 0 Å². The molecule has 1 aliphatic rings. The number of aliphatic hydroxyl groups is 1. The molecule has 0 aliphatic heterocycles. The fourth-order valence-corrected chi connectivity index (χ4v) is 3.54. The van der Waals surface area contributed by atoms with E-state index >= 15 is 0 Å². The second-order valence-electron chi connectivity index (χ2n) is 7.67. The molecule has 1 saturated carbocycles. The minimum absolute atomic E-state index is 0.0472. The Hall–Kier alpha value is -2.86. The van der Waals surface area contributed by atoms with Gasteiger partial charge in [0.1, 0.15) is 0 Å². The van der Waals surface area contributed by atoms with Crippen molar-refractivity contribution in [1.29, 1.82) is 0 Å². The van der Waals surface area contributed by atoms with Crippen molar-refractivity contribution < 1.29 is 19.8 Å². The van der Waals surface area contributed by atoms with Gasteiger partial charge in [0.05, 0.1) is 19.1 Å². The van der Waals surface area contributed by atoms with E-state index in [1.807, 2.05) is 60.7 Å². The van der Waals surface area contributed by atoms with Crippen LogP contribution in [0.15, 0.2) is 60.7 Å². The summed E-state index contributed by atoms with van der Waals surface area (Å²) < 4.78 is 0. The molecular formula is C23H28N2O4. The lowest BCUT2D eigenvalue weighted by Gasteiger charge is -2.27. The first-order valence-electron chi connectivity index (χ1n) is 10.0. The van der Waals surface area contributed by atoms with Crippen LogP contribution in [-0.4, -0.2) is 40.2 Å². The number of carbonyl (C=O) groups excluding carboxylic acids is 1. The SMILES string of the molecule is O=C(O)CC(CNC(=O)N(Cc1ccccc1)CC(O)c1ccccc1)C1CC1. The lowest BCUT2D eigenvalue weighted by Crippen LogP contribution is -2.43. The van der Waals surface area contributed by atoms with E-state index in [0.29, 0.717) is 19.0 Å². The standard InChI is InChI=1S/C23H28N2O4/c26-21(19-9-5-2-6-10-19)16-25(15-17-7-3-1-4-8-17)23(29)24-14-20(13-22(27)28)18-11-12-18/h1-10,18,20-21,26H,11-16H2,(H,24,29)(H,27,28). The molecule has 0 aromatic heterocycles. The molecule has 1 fully saturated rings. The third-order valence-corrected chi connectivity index (χ3v) is 5.32. The maximum absolute atomic E-state index is 12.9. The highest BCUT2D eigenvalue weighted by Crippen LogP contribution is 2.38. The van der Waals surface area contributed by atoms with Crippen LogP contribution in [0.5, 0.6) is 0 Å². The second-order valence-corrected chi connectivity index (χ2v) is 7.67. The summed E-state index contributed by atoms with van der Waals surface area (Å²) in [7, 11) is 0. The van der Waals surface area contributed by atoms with Gasteiger partial charge in [-0.1, -0.05) is 60.7 Å². The molecule has 3 N–H and O–H groups in total. The van der Waals surface area contributed by atoms with Crippen molar-refractivity contribution in [3.05, 3.63) is 71.8 Å². The molecule has 3 rings (SSSR count). The summed E-state index contributed by atoms with van der Waals surface area (Å²) >= 11 is 0. The highest BCUT2D eigenvalue weighted by molar-refractivity contribution is 5.74. The molecule has 2 unspecified atom stereocenters. The quantitative estimate of drug-likeness (QED) is 0.574. The summed E-state index contributed by atoms with van der Waals surface area (Å²) in [5.41, 5.74) is 1.72. The van der Waals surface area contributed by atoms with Crippen LogP contribution in [0.1, 0.15) is 36.5 Å². The molecular weight excluding hydrogens is 368 g/mol. The molecule has 0 bridgehead atoms. The average Bonchev–Trinajstić information content (AvgIpc) is 3.57. The predicted octanol–water partition coefficient (Wildman–Crippen LogP) is 3.43. The van der Waals surface area contributed by atoms with Crippen molar-refractivity contribution in [3.8, 4) is 0 Å². The monoisotopic (exact) mass is 396 g/mol. The Labute approximate surface area is 171 Å². The third-order valence-electron chi connectivity index (χ3n) is 5.32. The first kappa shape index (κ1) is 20.9. The summed E-state index contributed by atoms with van der Waals surface area (Å²) in [6.45, 7) is 0.851. The first-order valence-corrected chi connectivity index (χ1v) is 10.0. The molecule has 2 aromatic rings. The molecule has 0 saturated heterocycles. The fourth-order valence-electron chi connectivity index (χ4n) is 3.54. The van der Waals surface area contributed by atoms with Crippen molar-refractivity contribution in [3.63, 3.8) is 0 Å². The van der Waals surface area contributed by atoms with Gasteiger partial charge >= 0.3 is 12.0 Å². The summed E-state index contributed by atoms with van der Waals surface area (Å²) in [6, 6.07) is 18.6. The van der Waals surface area contributed by atoms with Gasteiger partial charge in [0.15, 0.2) is 0 Å². The minimum Gasteiger partial charge on any atom is -0.481 e. The van der Waals surface area contributed by atoms with Gasteiger partial charge in [0.25, 0.3) is 0 Å². The van der Waals surface area contributed by atoms with E-state index in [4.69, 9.17) is 5.11 Å². The molecule has 6 nitrogen and oxygen atoms in total. The number of aliphatic carboxylic acids is 1. The first-order chi connectivity index (χ1) is 14.0. The number of nitrogens with zero attached hydrogens (tertiary/aromatic N) is 1. The van der Waals surface area contributed by atoms with Crippen molar-refractivity contribution in [2.45, 2.75) is 31.9 Å². The van der Waals surface area contributed by atoms with Crippen LogP contribution < -0.4 is 5.32 Å². The highest BCUT2D eigenvalue weighted by atomic mass is 16.4. The molecule has 0 heterocycles. The normalized spacial score (nSPS) is 15.3. The van der Waals surface area contributed by atoms with E-state index < -0.39 is 12.1 Å². The number of rotatable bonds is 10. The van der Waals surface area contributed by atoms with Gasteiger partial charge < -0.3 is 20.4 Å². The average molecular weight is 396 g/mol. The molecule has 0 radical (unpaired) electrons. The Balaban J connectivity index is 1.66. The van der Waals surface area contributed by atoms with Crippen molar-refractivity contribution in [2.24, 2.45) is 11.8 Å². The van der Waals surface area contributed by atoms with Gasteiger partial charge in [-0.15, -0.1) is 0 Å². The van der Waals surface area contributed by atoms with Crippen LogP contribution >= 0.6 is 0 Å². The zero-order chi connectivity index (χ0) is 20.6. The lowest BCUT2D eigenvalue weighted by atomic mass is 10.00. The number of urea groups is 1. The van der Waals surface area contributed by atoms with Gasteiger partial charge in [0.2, 0.25) is 0 Å². The molecule has 2 atom stereocenters. The molecule has 2 amide bonds. The van der Waals surface area contributed by atoms with E-state index in [1.54, 1.807) is 4.90 Å². The summed E-state index contributed by atoms with van der Waals surface area (Å²) in [5.74, 6) is -0.505. The Morgan fingerprint density at radius 3 is 2.24 bits per heavy atom. The predicted molar refractivity (Wildman–Crippen MR) is 110 cm³/mol. The van der Waals surface area contributed by atoms with Crippen LogP contribution in [-0.2, 0) is 11.3 Å². The Bertz CT molecular complexity index is 793. The van der Waals surface area contributed by atoms with Crippen molar-refractivity contribution >= 4 is 12.0 Å². The van der Waals surface area contributed by atoms with Crippen LogP contribution in [0, 0.1) is 11.8 Å². The van der Waals surface area contributed by atoms with Gasteiger partial charge in [0, 0.05) is 13.1 Å². The van der Waals surface area contributed by atoms with Crippen LogP contribution in [0.3, 0.4) is 0 Å². The van der Waals surface area contributed by atoms with E-state index in [9.17, 15) is 14.7 Å². The highest BCUT2D eigenvalue weighted by Gasteiger charge is 2.33. The molecule has 0 spiro atoms. The Kier molecular flexibility index (Phi) is 7.25. The fraction of sp³-hybridized carbons (Fsp3) is 0.391. The summed E-state index contributed by atoms with van der Waals surface area (Å²) in [5, 5.41) is 22.6. The third kappa shape index (κ3) is 6.61. The number of nitrogens with one attached hydrogen (secondary N) is 1. The van der Waals surface area contributed by atoms with Gasteiger partial charge in [-0.05, 0) is 35.8 Å². The lowest BCUT2D eigenvalue weighted by molar-refractivity contribution is -0.138. The zero-order valence-corrected chi connectivity index (χ0v) is 16.4. The smallest absolute Gasteiger partial charge is 0.317 e. The summed E-state index contributed by atoms with van der Waals surface area (Å²) in [4.78, 5) is 25.6. The number of hydrogen-bond donors (Lipinski definition) is 3. The summed E-state index contributed by atoms with van der Waals surface area (Å²) in [6.07, 6.45) is 1.31. The molecule has 6 heteroatoms. The Morgan fingerprint density at radius 2 is 1.66 bits per heavy atom. The molecule has 154 valence electrons. The van der Waals surface area contributed by atoms with E-state index in [2.05, 4.69) is 5.32 Å². The van der Waals surface area contributed by atoms with Gasteiger partial charge in [-0.3, -0.25) is 4.79 Å². The van der Waals surface area contributed by atoms with Crippen molar-refractivity contribution in [2.75, 3.05) is 13.1 Å². The van der Waals surface area contributed by atoms with Crippen LogP contribution in [0.4, 0.5) is 4.79 Å². The van der Waals surface area contributed by atoms with Gasteiger partial charge in [-0.2, -0.15) is 0 Å². The zero-order valence-electron chi connectivity index (χ0n) is 16.4. The minimum atomic E-state index is -0.836. The maximum atomic E-state index is 12.9. The van der Waals surface area contributed by atoms with Gasteiger partial charge in [-0.25, -0.2) is 4.79 Å². The van der Waals surface area contributed by atoms with Crippen LogP contribution in [0.2, 0.25) is 0 Å². The number of carboxylic acids is 1. The number of carbonyl (C=O) groups is 2. The second kappa shape index (κ2) is 10.1. The number of aliphatic hydroxyl groups excluding tert-OH is 1. The van der Waals surface area contributed by atoms with E-state index in [0.717, 1.165) is 24.0 Å².